The summed E-state index contributed by atoms with van der Waals surface area (Å²) in [4.78, 5) is 20.4. The van der Waals surface area contributed by atoms with Crippen LogP contribution in [0.4, 0.5) is 4.79 Å². The molecule has 0 unspecified atom stereocenters. The molecule has 0 aliphatic carbocycles. The first-order valence-electron chi connectivity index (χ1n) is 6.58. The van der Waals surface area contributed by atoms with E-state index in [1.165, 1.54) is 4.57 Å². The zero-order valence-corrected chi connectivity index (χ0v) is 11.4. The fourth-order valence-electron chi connectivity index (χ4n) is 2.50. The number of aromatic nitrogens is 2. The topological polar surface area (TPSA) is 41.4 Å². The van der Waals surface area contributed by atoms with Crippen molar-refractivity contribution in [3.63, 3.8) is 0 Å². The number of rotatable bonds is 2. The molecule has 1 saturated heterocycles. The summed E-state index contributed by atoms with van der Waals surface area (Å²) in [5.41, 5.74) is 0. The molecule has 1 aliphatic rings. The minimum Gasteiger partial charge on any atom is -0.324 e. The van der Waals surface area contributed by atoms with Crippen LogP contribution in [-0.2, 0) is 0 Å². The molecule has 5 nitrogen and oxygen atoms in total. The van der Waals surface area contributed by atoms with Crippen molar-refractivity contribution < 1.29 is 4.79 Å². The van der Waals surface area contributed by atoms with E-state index in [0.29, 0.717) is 12.1 Å². The van der Waals surface area contributed by atoms with E-state index in [1.54, 1.807) is 18.7 Å². The molecule has 18 heavy (non-hydrogen) atoms. The smallest absolute Gasteiger partial charge is 0.324 e. The van der Waals surface area contributed by atoms with Gasteiger partial charge in [0, 0.05) is 44.6 Å². The Hall–Kier alpha value is -1.36. The first kappa shape index (κ1) is 13.1. The lowest BCUT2D eigenvalue weighted by atomic mass is 10.0. The van der Waals surface area contributed by atoms with Crippen molar-refractivity contribution in [3.8, 4) is 0 Å². The van der Waals surface area contributed by atoms with Crippen LogP contribution in [0.2, 0.25) is 0 Å². The molecule has 0 spiro atoms. The van der Waals surface area contributed by atoms with Crippen LogP contribution in [0.3, 0.4) is 0 Å². The van der Waals surface area contributed by atoms with Gasteiger partial charge in [0.05, 0.1) is 0 Å². The van der Waals surface area contributed by atoms with Crippen LogP contribution < -0.4 is 0 Å². The minimum absolute atomic E-state index is 0.00972. The van der Waals surface area contributed by atoms with Crippen molar-refractivity contribution in [2.24, 2.45) is 0 Å². The van der Waals surface area contributed by atoms with Crippen LogP contribution in [0, 0.1) is 0 Å². The second-order valence-electron chi connectivity index (χ2n) is 5.22. The molecule has 0 saturated carbocycles. The molecule has 1 fully saturated rings. The summed E-state index contributed by atoms with van der Waals surface area (Å²) in [6.45, 7) is 6.59. The van der Waals surface area contributed by atoms with Gasteiger partial charge in [-0.15, -0.1) is 0 Å². The van der Waals surface area contributed by atoms with E-state index < -0.39 is 0 Å². The van der Waals surface area contributed by atoms with Crippen LogP contribution in [0.25, 0.3) is 0 Å². The number of imidazole rings is 1. The van der Waals surface area contributed by atoms with E-state index in [1.807, 2.05) is 11.9 Å². The van der Waals surface area contributed by atoms with Crippen LogP contribution >= 0.6 is 0 Å². The Morgan fingerprint density at radius 2 is 2.06 bits per heavy atom. The Morgan fingerprint density at radius 3 is 2.56 bits per heavy atom. The Labute approximate surface area is 108 Å². The van der Waals surface area contributed by atoms with E-state index in [4.69, 9.17) is 0 Å². The monoisotopic (exact) mass is 250 g/mol. The van der Waals surface area contributed by atoms with Gasteiger partial charge in [-0.3, -0.25) is 4.57 Å². The van der Waals surface area contributed by atoms with Gasteiger partial charge in [-0.25, -0.2) is 9.78 Å². The van der Waals surface area contributed by atoms with Crippen molar-refractivity contribution in [1.29, 1.82) is 0 Å². The fourth-order valence-corrected chi connectivity index (χ4v) is 2.50. The number of likely N-dealkylation sites (tertiary alicyclic amines) is 1. The first-order valence-corrected chi connectivity index (χ1v) is 6.58. The van der Waals surface area contributed by atoms with Crippen LogP contribution in [0.5, 0.6) is 0 Å². The maximum absolute atomic E-state index is 12.2. The zero-order valence-electron chi connectivity index (χ0n) is 11.4. The Kier molecular flexibility index (Phi) is 4.01. The van der Waals surface area contributed by atoms with Crippen molar-refractivity contribution in [2.75, 3.05) is 20.1 Å². The molecule has 0 N–H and O–H groups in total. The quantitative estimate of drug-likeness (QED) is 0.801. The molecular weight excluding hydrogens is 228 g/mol. The summed E-state index contributed by atoms with van der Waals surface area (Å²) in [7, 11) is 1.89. The normalized spacial score (nSPS) is 18.2. The summed E-state index contributed by atoms with van der Waals surface area (Å²) in [6.07, 6.45) is 6.99. The highest BCUT2D eigenvalue weighted by atomic mass is 16.2. The van der Waals surface area contributed by atoms with E-state index in [-0.39, 0.29) is 6.03 Å². The highest BCUT2D eigenvalue weighted by Gasteiger charge is 2.26. The van der Waals surface area contributed by atoms with Crippen LogP contribution in [-0.4, -0.2) is 57.6 Å². The van der Waals surface area contributed by atoms with E-state index in [9.17, 15) is 4.79 Å². The molecule has 0 radical (unpaired) electrons. The first-order chi connectivity index (χ1) is 8.59. The number of piperidine rings is 1. The number of carbonyl (C=O) groups is 1. The van der Waals surface area contributed by atoms with E-state index in [0.717, 1.165) is 25.9 Å². The third kappa shape index (κ3) is 2.72. The summed E-state index contributed by atoms with van der Waals surface area (Å²) >= 11 is 0. The molecule has 0 bridgehead atoms. The Bertz CT molecular complexity index is 380. The maximum atomic E-state index is 12.2. The summed E-state index contributed by atoms with van der Waals surface area (Å²) in [5, 5.41) is 0. The zero-order chi connectivity index (χ0) is 13.1. The largest absolute Gasteiger partial charge is 0.329 e. The third-order valence-corrected chi connectivity index (χ3v) is 3.80. The SMILES string of the molecule is CC(C)N1CCC(N(C)C(=O)n2ccnc2)CC1. The van der Waals surface area contributed by atoms with Gasteiger partial charge in [0.1, 0.15) is 6.33 Å². The van der Waals surface area contributed by atoms with Gasteiger partial charge in [-0.2, -0.15) is 0 Å². The van der Waals surface area contributed by atoms with Crippen molar-refractivity contribution in [1.82, 2.24) is 19.4 Å². The number of hydrogen-bond acceptors (Lipinski definition) is 3. The molecule has 1 amide bonds. The molecule has 1 aromatic rings. The van der Waals surface area contributed by atoms with Crippen molar-refractivity contribution >= 4 is 6.03 Å². The Balaban J connectivity index is 1.91. The van der Waals surface area contributed by atoms with Crippen LogP contribution in [0.15, 0.2) is 18.7 Å². The Morgan fingerprint density at radius 1 is 1.39 bits per heavy atom. The van der Waals surface area contributed by atoms with Gasteiger partial charge in [0.2, 0.25) is 0 Å². The van der Waals surface area contributed by atoms with Gasteiger partial charge in [0.25, 0.3) is 0 Å². The minimum atomic E-state index is 0.00972. The number of amides is 1. The predicted molar refractivity (Wildman–Crippen MR) is 70.5 cm³/mol. The van der Waals surface area contributed by atoms with Gasteiger partial charge in [-0.05, 0) is 26.7 Å². The average Bonchev–Trinajstić information content (AvgIpc) is 2.91. The van der Waals surface area contributed by atoms with Crippen molar-refractivity contribution in [2.45, 2.75) is 38.8 Å². The van der Waals surface area contributed by atoms with Crippen LogP contribution in [0.1, 0.15) is 26.7 Å². The fraction of sp³-hybridized carbons (Fsp3) is 0.692. The second kappa shape index (κ2) is 5.52. The number of nitrogens with zero attached hydrogens (tertiary/aromatic N) is 4. The standard InChI is InChI=1S/C13H22N4O/c1-11(2)16-7-4-12(5-8-16)15(3)13(18)17-9-6-14-10-17/h6,9-12H,4-5,7-8H2,1-3H3. The molecule has 0 aromatic carbocycles. The summed E-state index contributed by atoms with van der Waals surface area (Å²) < 4.78 is 1.54. The molecule has 2 rings (SSSR count). The van der Waals surface area contributed by atoms with Gasteiger partial charge < -0.3 is 9.80 Å². The summed E-state index contributed by atoms with van der Waals surface area (Å²) in [6, 6.07) is 0.950. The maximum Gasteiger partial charge on any atom is 0.329 e. The number of hydrogen-bond donors (Lipinski definition) is 0. The van der Waals surface area contributed by atoms with Gasteiger partial charge in [0.15, 0.2) is 0 Å². The van der Waals surface area contributed by atoms with E-state index >= 15 is 0 Å². The second-order valence-corrected chi connectivity index (χ2v) is 5.22. The molecule has 1 aromatic heterocycles. The number of carbonyl (C=O) groups excluding carboxylic acids is 1. The molecule has 5 heteroatoms. The average molecular weight is 250 g/mol. The van der Waals surface area contributed by atoms with Gasteiger partial charge in [-0.1, -0.05) is 0 Å². The molecule has 2 heterocycles. The summed E-state index contributed by atoms with van der Waals surface area (Å²) in [5.74, 6) is 0. The lowest BCUT2D eigenvalue weighted by molar-refractivity contribution is 0.117. The third-order valence-electron chi connectivity index (χ3n) is 3.80. The molecule has 1 aliphatic heterocycles. The predicted octanol–water partition coefficient (Wildman–Crippen LogP) is 1.66. The molecular formula is C13H22N4O. The van der Waals surface area contributed by atoms with Crippen molar-refractivity contribution in [3.05, 3.63) is 18.7 Å². The lowest BCUT2D eigenvalue weighted by Crippen LogP contribution is -2.48. The lowest BCUT2D eigenvalue weighted by Gasteiger charge is -2.38. The molecule has 0 atom stereocenters. The van der Waals surface area contributed by atoms with E-state index in [2.05, 4.69) is 23.7 Å². The van der Waals surface area contributed by atoms with Gasteiger partial charge >= 0.3 is 6.03 Å². The highest BCUT2D eigenvalue weighted by Crippen LogP contribution is 2.17. The molecule has 100 valence electrons. The highest BCUT2D eigenvalue weighted by molar-refractivity contribution is 5.76.